The van der Waals surface area contributed by atoms with Gasteiger partial charge in [0.05, 0.1) is 25.4 Å². The second-order valence-electron chi connectivity index (χ2n) is 7.90. The van der Waals surface area contributed by atoms with E-state index in [1.165, 1.54) is 4.90 Å². The van der Waals surface area contributed by atoms with Crippen molar-refractivity contribution in [3.8, 4) is 17.2 Å². The summed E-state index contributed by atoms with van der Waals surface area (Å²) in [6.45, 7) is 5.46. The van der Waals surface area contributed by atoms with Crippen LogP contribution >= 0.6 is 0 Å². The summed E-state index contributed by atoms with van der Waals surface area (Å²) in [6.07, 6.45) is 1.54. The first-order valence-electron chi connectivity index (χ1n) is 10.9. The van der Waals surface area contributed by atoms with Gasteiger partial charge in [0, 0.05) is 24.3 Å². The van der Waals surface area contributed by atoms with Crippen molar-refractivity contribution in [3.05, 3.63) is 48.0 Å². The molecule has 2 heterocycles. The average Bonchev–Trinajstić information content (AvgIpc) is 2.80. The Labute approximate surface area is 182 Å². The molecule has 1 fully saturated rings. The summed E-state index contributed by atoms with van der Waals surface area (Å²) < 4.78 is 16.7. The topological polar surface area (TPSA) is 78.3 Å². The van der Waals surface area contributed by atoms with Crippen LogP contribution in [0.4, 0.5) is 5.69 Å². The monoisotopic (exact) mass is 425 g/mol. The highest BCUT2D eigenvalue weighted by Gasteiger charge is 2.30. The predicted molar refractivity (Wildman–Crippen MR) is 116 cm³/mol. The molecule has 0 radical (unpaired) electrons. The smallest absolute Gasteiger partial charge is 0.279 e. The molecular weight excluding hydrogens is 396 g/mol. The minimum Gasteiger partial charge on any atom is -0.492 e. The molecule has 0 atom stereocenters. The van der Waals surface area contributed by atoms with Crippen molar-refractivity contribution in [1.29, 1.82) is 0 Å². The predicted octanol–water partition coefficient (Wildman–Crippen LogP) is 1.97. The molecule has 31 heavy (non-hydrogen) atoms. The molecule has 0 aliphatic carbocycles. The number of ether oxygens (including phenoxy) is 3. The van der Waals surface area contributed by atoms with E-state index in [1.54, 1.807) is 6.07 Å². The van der Waals surface area contributed by atoms with Crippen molar-refractivity contribution < 1.29 is 28.7 Å². The Balaban J connectivity index is 1.29. The third-order valence-corrected chi connectivity index (χ3v) is 5.76. The number of nitrogens with one attached hydrogen (secondary N) is 2. The number of benzene rings is 2. The van der Waals surface area contributed by atoms with Crippen LogP contribution in [0.2, 0.25) is 0 Å². The number of hydrogen-bond donors (Lipinski definition) is 2. The van der Waals surface area contributed by atoms with E-state index in [4.69, 9.17) is 14.2 Å². The van der Waals surface area contributed by atoms with Crippen LogP contribution in [0.15, 0.2) is 42.5 Å². The van der Waals surface area contributed by atoms with Gasteiger partial charge in [-0.2, -0.15) is 0 Å². The Morgan fingerprint density at radius 1 is 1.06 bits per heavy atom. The number of likely N-dealkylation sites (tertiary alicyclic amines) is 1. The van der Waals surface area contributed by atoms with Gasteiger partial charge in [-0.05, 0) is 37.3 Å². The Morgan fingerprint density at radius 3 is 2.58 bits per heavy atom. The molecule has 0 bridgehead atoms. The average molecular weight is 426 g/mol. The van der Waals surface area contributed by atoms with E-state index in [0.717, 1.165) is 25.9 Å². The third-order valence-electron chi connectivity index (χ3n) is 5.76. The highest BCUT2D eigenvalue weighted by molar-refractivity contribution is 5.98. The van der Waals surface area contributed by atoms with E-state index in [-0.39, 0.29) is 17.6 Å². The SMILES string of the molecule is CCOc1ccccc1NC(=O)C[NH+]1CCC(C(=O)c2ccc3c(c2)OCCO3)CC1. The van der Waals surface area contributed by atoms with E-state index in [2.05, 4.69) is 5.32 Å². The van der Waals surface area contributed by atoms with Gasteiger partial charge in [0.2, 0.25) is 0 Å². The van der Waals surface area contributed by atoms with E-state index in [0.29, 0.717) is 54.9 Å². The Kier molecular flexibility index (Phi) is 6.72. The molecular formula is C24H29N2O5+. The zero-order valence-corrected chi connectivity index (χ0v) is 17.8. The molecule has 1 saturated heterocycles. The molecule has 7 heteroatoms. The normalized spacial score (nSPS) is 20.0. The molecule has 0 unspecified atom stereocenters. The number of rotatable bonds is 7. The summed E-state index contributed by atoms with van der Waals surface area (Å²) in [5.41, 5.74) is 1.36. The quantitative estimate of drug-likeness (QED) is 0.664. The van der Waals surface area contributed by atoms with E-state index < -0.39 is 0 Å². The third kappa shape index (κ3) is 5.17. The highest BCUT2D eigenvalue weighted by Crippen LogP contribution is 2.32. The van der Waals surface area contributed by atoms with E-state index in [1.807, 2.05) is 43.3 Å². The van der Waals surface area contributed by atoms with Gasteiger partial charge < -0.3 is 24.4 Å². The van der Waals surface area contributed by atoms with E-state index in [9.17, 15) is 9.59 Å². The molecule has 2 N–H and O–H groups in total. The maximum Gasteiger partial charge on any atom is 0.279 e. The molecule has 1 amide bonds. The van der Waals surface area contributed by atoms with Crippen LogP contribution in [0.5, 0.6) is 17.2 Å². The van der Waals surface area contributed by atoms with Crippen molar-refractivity contribution in [2.75, 3.05) is 44.8 Å². The molecule has 0 saturated carbocycles. The number of fused-ring (bicyclic) bond motifs is 1. The molecule has 2 aliphatic heterocycles. The van der Waals surface area contributed by atoms with Gasteiger partial charge >= 0.3 is 0 Å². The zero-order valence-electron chi connectivity index (χ0n) is 17.8. The number of carbonyl (C=O) groups excluding carboxylic acids is 2. The summed E-state index contributed by atoms with van der Waals surface area (Å²) in [7, 11) is 0. The Morgan fingerprint density at radius 2 is 1.81 bits per heavy atom. The number of quaternary nitrogens is 1. The number of anilines is 1. The number of amides is 1. The standard InChI is InChI=1S/C24H28N2O5/c1-2-29-20-6-4-3-5-19(20)25-23(27)16-26-11-9-17(10-12-26)24(28)18-7-8-21-22(15-18)31-14-13-30-21/h3-8,15,17H,2,9-14,16H2,1H3,(H,25,27)/p+1. The number of ketones is 1. The van der Waals surface area contributed by atoms with Gasteiger partial charge in [-0.25, -0.2) is 0 Å². The lowest BCUT2D eigenvalue weighted by Crippen LogP contribution is -3.14. The van der Waals surface area contributed by atoms with Crippen molar-refractivity contribution in [2.24, 2.45) is 5.92 Å². The van der Waals surface area contributed by atoms with Gasteiger partial charge in [-0.15, -0.1) is 0 Å². The molecule has 2 aromatic carbocycles. The second-order valence-corrected chi connectivity index (χ2v) is 7.90. The second kappa shape index (κ2) is 9.83. The van der Waals surface area contributed by atoms with Gasteiger partial charge in [0.15, 0.2) is 23.8 Å². The minimum atomic E-state index is -0.0428. The fourth-order valence-electron chi connectivity index (χ4n) is 4.17. The minimum absolute atomic E-state index is 0.0203. The number of hydrogen-bond acceptors (Lipinski definition) is 5. The largest absolute Gasteiger partial charge is 0.492 e. The number of carbonyl (C=O) groups is 2. The maximum absolute atomic E-state index is 13.0. The zero-order chi connectivity index (χ0) is 21.6. The highest BCUT2D eigenvalue weighted by atomic mass is 16.6. The van der Waals surface area contributed by atoms with Gasteiger partial charge in [-0.1, -0.05) is 12.1 Å². The lowest BCUT2D eigenvalue weighted by Gasteiger charge is -2.28. The molecule has 7 nitrogen and oxygen atoms in total. The lowest BCUT2D eigenvalue weighted by molar-refractivity contribution is -0.897. The summed E-state index contributed by atoms with van der Waals surface area (Å²) in [6, 6.07) is 12.9. The Bertz CT molecular complexity index is 937. The molecule has 164 valence electrons. The molecule has 0 aromatic heterocycles. The number of Topliss-reactive ketones (excluding diaryl/α,β-unsaturated/α-hetero) is 1. The van der Waals surface area contributed by atoms with Gasteiger partial charge in [0.25, 0.3) is 5.91 Å². The molecule has 0 spiro atoms. The summed E-state index contributed by atoms with van der Waals surface area (Å²) in [5.74, 6) is 2.10. The fourth-order valence-corrected chi connectivity index (χ4v) is 4.17. The maximum atomic E-state index is 13.0. The fraction of sp³-hybridized carbons (Fsp3) is 0.417. The lowest BCUT2D eigenvalue weighted by atomic mass is 9.88. The molecule has 2 aromatic rings. The summed E-state index contributed by atoms with van der Waals surface area (Å²) in [4.78, 5) is 26.7. The van der Waals surface area contributed by atoms with Crippen LogP contribution < -0.4 is 24.4 Å². The molecule has 2 aliphatic rings. The Hall–Kier alpha value is -3.06. The first kappa shape index (κ1) is 21.2. The van der Waals surface area contributed by atoms with Crippen molar-refractivity contribution in [2.45, 2.75) is 19.8 Å². The van der Waals surface area contributed by atoms with Crippen LogP contribution in [0.3, 0.4) is 0 Å². The number of piperidine rings is 1. The van der Waals surface area contributed by atoms with Crippen molar-refractivity contribution >= 4 is 17.4 Å². The van der Waals surface area contributed by atoms with Crippen LogP contribution in [0.1, 0.15) is 30.1 Å². The molecule has 4 rings (SSSR count). The van der Waals surface area contributed by atoms with Crippen LogP contribution in [0.25, 0.3) is 0 Å². The van der Waals surface area contributed by atoms with Crippen LogP contribution in [-0.2, 0) is 4.79 Å². The first-order chi connectivity index (χ1) is 15.1. The van der Waals surface area contributed by atoms with Gasteiger partial charge in [0.1, 0.15) is 19.0 Å². The number of para-hydroxylation sites is 2. The summed E-state index contributed by atoms with van der Waals surface area (Å²) >= 11 is 0. The summed E-state index contributed by atoms with van der Waals surface area (Å²) in [5, 5.41) is 2.95. The van der Waals surface area contributed by atoms with Crippen molar-refractivity contribution in [1.82, 2.24) is 0 Å². The van der Waals surface area contributed by atoms with Crippen LogP contribution in [0, 0.1) is 5.92 Å². The van der Waals surface area contributed by atoms with Gasteiger partial charge in [-0.3, -0.25) is 9.59 Å². The van der Waals surface area contributed by atoms with Crippen LogP contribution in [-0.4, -0.2) is 51.1 Å². The van der Waals surface area contributed by atoms with E-state index >= 15 is 0 Å². The first-order valence-corrected chi connectivity index (χ1v) is 10.9. The van der Waals surface area contributed by atoms with Crippen molar-refractivity contribution in [3.63, 3.8) is 0 Å².